The van der Waals surface area contributed by atoms with E-state index in [1.54, 1.807) is 24.7 Å². The normalized spacial score (nSPS) is 10.9. The lowest BCUT2D eigenvalue weighted by atomic mass is 10.1. The molecule has 1 aromatic carbocycles. The van der Waals surface area contributed by atoms with E-state index in [1.165, 1.54) is 0 Å². The van der Waals surface area contributed by atoms with Gasteiger partial charge in [0.25, 0.3) is 5.91 Å². The van der Waals surface area contributed by atoms with Crippen LogP contribution in [0.1, 0.15) is 35.7 Å². The van der Waals surface area contributed by atoms with E-state index >= 15 is 0 Å². The highest BCUT2D eigenvalue weighted by atomic mass is 16.4. The number of aromatic nitrogens is 3. The number of amides is 1. The molecule has 0 saturated carbocycles. The van der Waals surface area contributed by atoms with Crippen molar-refractivity contribution in [1.29, 1.82) is 0 Å². The molecule has 3 heterocycles. The Labute approximate surface area is 199 Å². The molecule has 174 valence electrons. The average Bonchev–Trinajstić information content (AvgIpc) is 3.34. The molecule has 4 aromatic rings. The van der Waals surface area contributed by atoms with Crippen molar-refractivity contribution in [3.63, 3.8) is 0 Å². The topological polar surface area (TPSA) is 96.2 Å². The van der Waals surface area contributed by atoms with Gasteiger partial charge in [-0.3, -0.25) is 14.7 Å². The molecule has 8 heteroatoms. The van der Waals surface area contributed by atoms with Crippen LogP contribution in [0.5, 0.6) is 0 Å². The molecule has 3 aromatic heterocycles. The Balaban J connectivity index is 1.47. The number of nitrogens with zero attached hydrogens (tertiary/aromatic N) is 4. The van der Waals surface area contributed by atoms with Gasteiger partial charge >= 0.3 is 0 Å². The predicted molar refractivity (Wildman–Crippen MR) is 133 cm³/mol. The zero-order valence-corrected chi connectivity index (χ0v) is 19.6. The fraction of sp³-hybridized carbons (Fsp3) is 0.231. The van der Waals surface area contributed by atoms with Crippen molar-refractivity contribution in [1.82, 2.24) is 19.9 Å². The summed E-state index contributed by atoms with van der Waals surface area (Å²) in [5.74, 6) is 1.21. The minimum absolute atomic E-state index is 0.282. The Hall–Kier alpha value is -4.04. The summed E-state index contributed by atoms with van der Waals surface area (Å²) < 4.78 is 5.76. The SMILES string of the molecule is CCN(CC)Cc1ccc(C(=O)Nc2ccc(C)c(Nc3nccc(-c4cccnc4)n3)c2)o1. The second kappa shape index (κ2) is 10.7. The highest BCUT2D eigenvalue weighted by Crippen LogP contribution is 2.25. The standard InChI is InChI=1S/C26H28N6O2/c1-4-32(5-2)17-21-10-11-24(34-21)25(33)29-20-9-8-18(3)23(15-20)31-26-28-14-12-22(30-26)19-7-6-13-27-16-19/h6-16H,4-5,17H2,1-3H3,(H,29,33)(H,28,30,31). The number of hydrogen-bond acceptors (Lipinski definition) is 7. The molecule has 0 spiro atoms. The Bertz CT molecular complexity index is 1250. The zero-order chi connectivity index (χ0) is 23.9. The molecule has 8 nitrogen and oxygen atoms in total. The van der Waals surface area contributed by atoms with Gasteiger partial charge in [0.15, 0.2) is 5.76 Å². The average molecular weight is 457 g/mol. The summed E-state index contributed by atoms with van der Waals surface area (Å²) in [5.41, 5.74) is 4.11. The first kappa shape index (κ1) is 23.1. The molecular formula is C26H28N6O2. The summed E-state index contributed by atoms with van der Waals surface area (Å²) >= 11 is 0. The first-order chi connectivity index (χ1) is 16.6. The molecule has 0 aliphatic rings. The first-order valence-corrected chi connectivity index (χ1v) is 11.3. The molecule has 1 amide bonds. The summed E-state index contributed by atoms with van der Waals surface area (Å²) in [4.78, 5) is 28.0. The van der Waals surface area contributed by atoms with E-state index in [9.17, 15) is 4.79 Å². The molecule has 0 aliphatic heterocycles. The molecule has 0 aliphatic carbocycles. The minimum Gasteiger partial charge on any atom is -0.455 e. The third-order valence-electron chi connectivity index (χ3n) is 5.51. The van der Waals surface area contributed by atoms with Crippen LogP contribution in [-0.4, -0.2) is 38.8 Å². The van der Waals surface area contributed by atoms with Gasteiger partial charge in [0.05, 0.1) is 12.2 Å². The highest BCUT2D eigenvalue weighted by molar-refractivity contribution is 6.02. The zero-order valence-electron chi connectivity index (χ0n) is 19.6. The predicted octanol–water partition coefficient (Wildman–Crippen LogP) is 5.28. The number of aryl methyl sites for hydroxylation is 1. The fourth-order valence-electron chi connectivity index (χ4n) is 3.49. The number of pyridine rings is 1. The Morgan fingerprint density at radius 3 is 2.68 bits per heavy atom. The number of carbonyl (C=O) groups is 1. The summed E-state index contributed by atoms with van der Waals surface area (Å²) in [6, 6.07) is 14.8. The van der Waals surface area contributed by atoms with Crippen LogP contribution in [0, 0.1) is 6.92 Å². The first-order valence-electron chi connectivity index (χ1n) is 11.3. The number of nitrogens with one attached hydrogen (secondary N) is 2. The van der Waals surface area contributed by atoms with E-state index in [2.05, 4.69) is 44.3 Å². The lowest BCUT2D eigenvalue weighted by Crippen LogP contribution is -2.21. The van der Waals surface area contributed by atoms with E-state index in [0.29, 0.717) is 18.2 Å². The summed E-state index contributed by atoms with van der Waals surface area (Å²) in [7, 11) is 0. The number of furan rings is 1. The molecule has 0 atom stereocenters. The molecular weight excluding hydrogens is 428 g/mol. The monoisotopic (exact) mass is 456 g/mol. The quantitative estimate of drug-likeness (QED) is 0.354. The van der Waals surface area contributed by atoms with Crippen molar-refractivity contribution in [2.75, 3.05) is 23.7 Å². The van der Waals surface area contributed by atoms with Crippen LogP contribution in [0.2, 0.25) is 0 Å². The Morgan fingerprint density at radius 1 is 1.06 bits per heavy atom. The molecule has 34 heavy (non-hydrogen) atoms. The number of benzene rings is 1. The van der Waals surface area contributed by atoms with Crippen molar-refractivity contribution in [2.45, 2.75) is 27.3 Å². The van der Waals surface area contributed by atoms with Crippen LogP contribution in [0.4, 0.5) is 17.3 Å². The number of hydrogen-bond donors (Lipinski definition) is 2. The van der Waals surface area contributed by atoms with Crippen molar-refractivity contribution >= 4 is 23.2 Å². The summed E-state index contributed by atoms with van der Waals surface area (Å²) in [6.07, 6.45) is 5.18. The third-order valence-corrected chi connectivity index (χ3v) is 5.51. The van der Waals surface area contributed by atoms with Gasteiger partial charge in [-0.15, -0.1) is 0 Å². The second-order valence-electron chi connectivity index (χ2n) is 7.84. The van der Waals surface area contributed by atoms with Gasteiger partial charge in [-0.25, -0.2) is 9.97 Å². The number of carbonyl (C=O) groups excluding carboxylic acids is 1. The van der Waals surface area contributed by atoms with E-state index in [-0.39, 0.29) is 11.7 Å². The van der Waals surface area contributed by atoms with Crippen molar-refractivity contribution in [3.8, 4) is 11.3 Å². The Morgan fingerprint density at radius 2 is 1.91 bits per heavy atom. The van der Waals surface area contributed by atoms with E-state index in [1.807, 2.05) is 49.4 Å². The smallest absolute Gasteiger partial charge is 0.291 e. The van der Waals surface area contributed by atoms with Gasteiger partial charge in [-0.05, 0) is 68.0 Å². The molecule has 0 radical (unpaired) electrons. The van der Waals surface area contributed by atoms with E-state index < -0.39 is 0 Å². The van der Waals surface area contributed by atoms with Crippen LogP contribution in [0.3, 0.4) is 0 Å². The lowest BCUT2D eigenvalue weighted by Gasteiger charge is -2.15. The third kappa shape index (κ3) is 5.65. The van der Waals surface area contributed by atoms with Crippen LogP contribution < -0.4 is 10.6 Å². The maximum atomic E-state index is 12.7. The van der Waals surface area contributed by atoms with E-state index in [0.717, 1.165) is 41.4 Å². The summed E-state index contributed by atoms with van der Waals surface area (Å²) in [5, 5.41) is 6.16. The van der Waals surface area contributed by atoms with Gasteiger partial charge in [0.2, 0.25) is 5.95 Å². The maximum Gasteiger partial charge on any atom is 0.291 e. The largest absolute Gasteiger partial charge is 0.455 e. The fourth-order valence-corrected chi connectivity index (χ4v) is 3.49. The van der Waals surface area contributed by atoms with E-state index in [4.69, 9.17) is 4.42 Å². The highest BCUT2D eigenvalue weighted by Gasteiger charge is 2.14. The van der Waals surface area contributed by atoms with Crippen molar-refractivity contribution < 1.29 is 9.21 Å². The van der Waals surface area contributed by atoms with Crippen LogP contribution >= 0.6 is 0 Å². The van der Waals surface area contributed by atoms with Gasteiger partial charge in [-0.2, -0.15) is 0 Å². The van der Waals surface area contributed by atoms with Crippen molar-refractivity contribution in [3.05, 3.63) is 84.2 Å². The van der Waals surface area contributed by atoms with Gasteiger partial charge < -0.3 is 15.1 Å². The Kier molecular flexibility index (Phi) is 7.29. The number of rotatable bonds is 9. The van der Waals surface area contributed by atoms with Crippen LogP contribution in [-0.2, 0) is 6.54 Å². The molecule has 0 unspecified atom stereocenters. The maximum absolute atomic E-state index is 12.7. The van der Waals surface area contributed by atoms with Gasteiger partial charge in [0.1, 0.15) is 5.76 Å². The molecule has 0 saturated heterocycles. The summed E-state index contributed by atoms with van der Waals surface area (Å²) in [6.45, 7) is 8.70. The molecule has 0 fully saturated rings. The van der Waals surface area contributed by atoms with Crippen LogP contribution in [0.25, 0.3) is 11.3 Å². The van der Waals surface area contributed by atoms with Gasteiger partial charge in [0, 0.05) is 35.5 Å². The van der Waals surface area contributed by atoms with Gasteiger partial charge in [-0.1, -0.05) is 19.9 Å². The molecule has 4 rings (SSSR count). The second-order valence-corrected chi connectivity index (χ2v) is 7.84. The van der Waals surface area contributed by atoms with Crippen LogP contribution in [0.15, 0.2) is 71.5 Å². The number of anilines is 3. The van der Waals surface area contributed by atoms with Crippen molar-refractivity contribution in [2.24, 2.45) is 0 Å². The lowest BCUT2D eigenvalue weighted by molar-refractivity contribution is 0.0993. The minimum atomic E-state index is -0.296. The molecule has 0 bridgehead atoms. The molecule has 2 N–H and O–H groups in total.